The van der Waals surface area contributed by atoms with Crippen molar-refractivity contribution in [2.45, 2.75) is 6.54 Å². The molecule has 2 aromatic rings. The SMILES string of the molecule is COc1c(N)cccc1C(=O)NCc1ccc(Cl)cc1. The highest BCUT2D eigenvalue weighted by atomic mass is 35.5. The van der Waals surface area contributed by atoms with Crippen molar-refractivity contribution >= 4 is 23.2 Å². The number of benzene rings is 2. The summed E-state index contributed by atoms with van der Waals surface area (Å²) < 4.78 is 5.16. The Morgan fingerprint density at radius 3 is 2.60 bits per heavy atom. The van der Waals surface area contributed by atoms with Crippen LogP contribution in [0.3, 0.4) is 0 Å². The van der Waals surface area contributed by atoms with E-state index in [1.165, 1.54) is 7.11 Å². The number of hydrogen-bond donors (Lipinski definition) is 2. The van der Waals surface area contributed by atoms with E-state index in [4.69, 9.17) is 22.1 Å². The number of nitrogen functional groups attached to an aromatic ring is 1. The fourth-order valence-electron chi connectivity index (χ4n) is 1.84. The number of halogens is 1. The van der Waals surface area contributed by atoms with Crippen molar-refractivity contribution < 1.29 is 9.53 Å². The van der Waals surface area contributed by atoms with Crippen LogP contribution in [-0.4, -0.2) is 13.0 Å². The molecule has 0 atom stereocenters. The Morgan fingerprint density at radius 2 is 1.95 bits per heavy atom. The van der Waals surface area contributed by atoms with E-state index in [1.54, 1.807) is 30.3 Å². The highest BCUT2D eigenvalue weighted by Gasteiger charge is 2.13. The maximum absolute atomic E-state index is 12.1. The van der Waals surface area contributed by atoms with Crippen LogP contribution in [-0.2, 0) is 6.54 Å². The first-order valence-electron chi connectivity index (χ1n) is 6.07. The molecule has 0 saturated heterocycles. The molecule has 0 aliphatic rings. The van der Waals surface area contributed by atoms with Gasteiger partial charge in [0.1, 0.15) is 0 Å². The Morgan fingerprint density at radius 1 is 1.25 bits per heavy atom. The van der Waals surface area contributed by atoms with E-state index in [0.29, 0.717) is 28.6 Å². The Bertz CT molecular complexity index is 612. The lowest BCUT2D eigenvalue weighted by atomic mass is 10.1. The molecule has 3 N–H and O–H groups in total. The molecule has 0 unspecified atom stereocenters. The number of para-hydroxylation sites is 1. The molecule has 2 rings (SSSR count). The summed E-state index contributed by atoms with van der Waals surface area (Å²) in [6.45, 7) is 0.411. The van der Waals surface area contributed by atoms with E-state index in [2.05, 4.69) is 5.32 Å². The molecule has 4 nitrogen and oxygen atoms in total. The maximum atomic E-state index is 12.1. The third kappa shape index (κ3) is 3.22. The van der Waals surface area contributed by atoms with Gasteiger partial charge in [0.25, 0.3) is 5.91 Å². The van der Waals surface area contributed by atoms with Gasteiger partial charge in [-0.05, 0) is 29.8 Å². The first-order valence-corrected chi connectivity index (χ1v) is 6.44. The fourth-order valence-corrected chi connectivity index (χ4v) is 1.97. The van der Waals surface area contributed by atoms with Crippen LogP contribution in [0.15, 0.2) is 42.5 Å². The molecule has 5 heteroatoms. The third-order valence-electron chi connectivity index (χ3n) is 2.86. The molecule has 104 valence electrons. The van der Waals surface area contributed by atoms with Gasteiger partial charge in [-0.3, -0.25) is 4.79 Å². The smallest absolute Gasteiger partial charge is 0.255 e. The Kier molecular flexibility index (Phi) is 4.48. The summed E-state index contributed by atoms with van der Waals surface area (Å²) in [4.78, 5) is 12.1. The number of amides is 1. The topological polar surface area (TPSA) is 64.3 Å². The summed E-state index contributed by atoms with van der Waals surface area (Å²) >= 11 is 5.81. The van der Waals surface area contributed by atoms with E-state index >= 15 is 0 Å². The average Bonchev–Trinajstić information content (AvgIpc) is 2.46. The Balaban J connectivity index is 2.09. The van der Waals surface area contributed by atoms with Crippen LogP contribution >= 0.6 is 11.6 Å². The monoisotopic (exact) mass is 290 g/mol. The average molecular weight is 291 g/mol. The van der Waals surface area contributed by atoms with Crippen molar-refractivity contribution in [2.24, 2.45) is 0 Å². The Hall–Kier alpha value is -2.20. The Labute approximate surface area is 122 Å². The number of rotatable bonds is 4. The minimum absolute atomic E-state index is 0.232. The maximum Gasteiger partial charge on any atom is 0.255 e. The summed E-state index contributed by atoms with van der Waals surface area (Å²) in [6, 6.07) is 12.4. The van der Waals surface area contributed by atoms with E-state index in [0.717, 1.165) is 5.56 Å². The zero-order chi connectivity index (χ0) is 14.5. The summed E-state index contributed by atoms with van der Waals surface area (Å²) in [6.07, 6.45) is 0. The minimum Gasteiger partial charge on any atom is -0.494 e. The lowest BCUT2D eigenvalue weighted by Crippen LogP contribution is -2.23. The van der Waals surface area contributed by atoms with Gasteiger partial charge < -0.3 is 15.8 Å². The molecule has 0 heterocycles. The number of carbonyl (C=O) groups is 1. The molecule has 0 radical (unpaired) electrons. The highest BCUT2D eigenvalue weighted by Crippen LogP contribution is 2.25. The van der Waals surface area contributed by atoms with Crippen molar-refractivity contribution in [1.29, 1.82) is 0 Å². The van der Waals surface area contributed by atoms with Gasteiger partial charge in [0.05, 0.1) is 18.4 Å². The molecule has 0 aliphatic heterocycles. The highest BCUT2D eigenvalue weighted by molar-refractivity contribution is 6.30. The lowest BCUT2D eigenvalue weighted by Gasteiger charge is -2.11. The second kappa shape index (κ2) is 6.30. The van der Waals surface area contributed by atoms with Crippen molar-refractivity contribution in [3.63, 3.8) is 0 Å². The van der Waals surface area contributed by atoms with Crippen molar-refractivity contribution in [3.05, 3.63) is 58.6 Å². The van der Waals surface area contributed by atoms with Gasteiger partial charge in [-0.15, -0.1) is 0 Å². The van der Waals surface area contributed by atoms with Crippen LogP contribution in [0.2, 0.25) is 5.02 Å². The van der Waals surface area contributed by atoms with E-state index in [1.807, 2.05) is 12.1 Å². The summed E-state index contributed by atoms with van der Waals surface area (Å²) in [5, 5.41) is 3.48. The van der Waals surface area contributed by atoms with E-state index < -0.39 is 0 Å². The van der Waals surface area contributed by atoms with Gasteiger partial charge >= 0.3 is 0 Å². The number of carbonyl (C=O) groups excluding carboxylic acids is 1. The second-order valence-corrected chi connectivity index (χ2v) is 4.67. The van der Waals surface area contributed by atoms with Crippen LogP contribution in [0.1, 0.15) is 15.9 Å². The lowest BCUT2D eigenvalue weighted by molar-refractivity contribution is 0.0948. The molecule has 2 aromatic carbocycles. The largest absolute Gasteiger partial charge is 0.494 e. The third-order valence-corrected chi connectivity index (χ3v) is 3.11. The minimum atomic E-state index is -0.232. The summed E-state index contributed by atoms with van der Waals surface area (Å²) in [7, 11) is 1.49. The van der Waals surface area contributed by atoms with Crippen molar-refractivity contribution in [2.75, 3.05) is 12.8 Å². The van der Waals surface area contributed by atoms with E-state index in [9.17, 15) is 4.79 Å². The first kappa shape index (κ1) is 14.2. The number of anilines is 1. The van der Waals surface area contributed by atoms with Crippen LogP contribution in [0.4, 0.5) is 5.69 Å². The molecule has 0 bridgehead atoms. The summed E-state index contributed by atoms with van der Waals surface area (Å²) in [5.74, 6) is 0.158. The molecule has 1 amide bonds. The molecular formula is C15H15ClN2O2. The molecular weight excluding hydrogens is 276 g/mol. The standard InChI is InChI=1S/C15H15ClN2O2/c1-20-14-12(3-2-4-13(14)17)15(19)18-9-10-5-7-11(16)8-6-10/h2-8H,9,17H2,1H3,(H,18,19). The molecule has 0 aromatic heterocycles. The van der Waals surface area contributed by atoms with Gasteiger partial charge in [-0.25, -0.2) is 0 Å². The number of nitrogens with one attached hydrogen (secondary N) is 1. The predicted octanol–water partition coefficient (Wildman–Crippen LogP) is 2.86. The number of nitrogens with two attached hydrogens (primary N) is 1. The number of methoxy groups -OCH3 is 1. The number of hydrogen-bond acceptors (Lipinski definition) is 3. The quantitative estimate of drug-likeness (QED) is 0.851. The van der Waals surface area contributed by atoms with Crippen molar-refractivity contribution in [1.82, 2.24) is 5.32 Å². The van der Waals surface area contributed by atoms with Gasteiger partial charge in [0.2, 0.25) is 0 Å². The van der Waals surface area contributed by atoms with Gasteiger partial charge in [-0.2, -0.15) is 0 Å². The molecule has 0 spiro atoms. The van der Waals surface area contributed by atoms with Crippen LogP contribution < -0.4 is 15.8 Å². The van der Waals surface area contributed by atoms with E-state index in [-0.39, 0.29) is 5.91 Å². The van der Waals surface area contributed by atoms with Gasteiger partial charge in [0, 0.05) is 11.6 Å². The first-order chi connectivity index (χ1) is 9.61. The zero-order valence-electron chi connectivity index (χ0n) is 11.0. The molecule has 0 fully saturated rings. The second-order valence-electron chi connectivity index (χ2n) is 4.24. The number of ether oxygens (including phenoxy) is 1. The normalized spacial score (nSPS) is 10.1. The predicted molar refractivity (Wildman–Crippen MR) is 80.0 cm³/mol. The molecule has 0 aliphatic carbocycles. The van der Waals surface area contributed by atoms with Crippen LogP contribution in [0.25, 0.3) is 0 Å². The zero-order valence-corrected chi connectivity index (χ0v) is 11.8. The molecule has 20 heavy (non-hydrogen) atoms. The van der Waals surface area contributed by atoms with Crippen LogP contribution in [0.5, 0.6) is 5.75 Å². The fraction of sp³-hybridized carbons (Fsp3) is 0.133. The molecule has 0 saturated carbocycles. The van der Waals surface area contributed by atoms with Gasteiger partial charge in [0.15, 0.2) is 5.75 Å². The van der Waals surface area contributed by atoms with Gasteiger partial charge in [-0.1, -0.05) is 29.8 Å². The van der Waals surface area contributed by atoms with Crippen LogP contribution in [0, 0.1) is 0 Å². The van der Waals surface area contributed by atoms with Crippen molar-refractivity contribution in [3.8, 4) is 5.75 Å². The summed E-state index contributed by atoms with van der Waals surface area (Å²) in [5.41, 5.74) is 7.59.